The van der Waals surface area contributed by atoms with Crippen molar-refractivity contribution in [2.75, 3.05) is 20.6 Å². The van der Waals surface area contributed by atoms with Crippen molar-refractivity contribution < 1.29 is 0 Å². The molecule has 2 nitrogen and oxygen atoms in total. The molecule has 0 heterocycles. The fourth-order valence-corrected chi connectivity index (χ4v) is 2.60. The van der Waals surface area contributed by atoms with Crippen molar-refractivity contribution in [3.8, 4) is 0 Å². The Kier molecular flexibility index (Phi) is 5.62. The molecule has 0 saturated heterocycles. The smallest absolute Gasteiger partial charge is 0.0107 e. The summed E-state index contributed by atoms with van der Waals surface area (Å²) in [6, 6.07) is 1.56. The number of rotatable bonds is 5. The third kappa shape index (κ3) is 4.12. The van der Waals surface area contributed by atoms with Crippen LogP contribution in [-0.4, -0.2) is 37.6 Å². The lowest BCUT2D eigenvalue weighted by atomic mass is 9.90. The topological polar surface area (TPSA) is 15.3 Å². The second-order valence-electron chi connectivity index (χ2n) is 5.26. The molecule has 3 unspecified atom stereocenters. The van der Waals surface area contributed by atoms with E-state index in [1.807, 2.05) is 0 Å². The molecule has 0 amide bonds. The predicted octanol–water partition coefficient (Wildman–Crippen LogP) is 2.49. The molecule has 0 bridgehead atoms. The Morgan fingerprint density at radius 1 is 1.40 bits per heavy atom. The quantitative estimate of drug-likeness (QED) is 0.753. The van der Waals surface area contributed by atoms with Gasteiger partial charge in [-0.1, -0.05) is 26.7 Å². The molecule has 1 aliphatic rings. The molecule has 0 spiro atoms. The van der Waals surface area contributed by atoms with Gasteiger partial charge in [-0.05, 0) is 39.3 Å². The highest BCUT2D eigenvalue weighted by atomic mass is 15.1. The maximum atomic E-state index is 3.43. The normalized spacial score (nSPS) is 29.4. The minimum Gasteiger partial charge on any atom is -0.317 e. The van der Waals surface area contributed by atoms with Crippen molar-refractivity contribution in [2.45, 2.75) is 58.0 Å². The summed E-state index contributed by atoms with van der Waals surface area (Å²) in [5, 5.41) is 3.43. The van der Waals surface area contributed by atoms with Crippen LogP contribution in [-0.2, 0) is 0 Å². The average Bonchev–Trinajstić information content (AvgIpc) is 2.28. The van der Waals surface area contributed by atoms with E-state index >= 15 is 0 Å². The molecule has 90 valence electrons. The Labute approximate surface area is 95.4 Å². The highest BCUT2D eigenvalue weighted by Gasteiger charge is 2.24. The third-order valence-electron chi connectivity index (χ3n) is 3.97. The van der Waals surface area contributed by atoms with Crippen LogP contribution >= 0.6 is 0 Å². The zero-order valence-corrected chi connectivity index (χ0v) is 10.9. The summed E-state index contributed by atoms with van der Waals surface area (Å²) in [5.74, 6) is 0.838. The van der Waals surface area contributed by atoms with E-state index in [0.717, 1.165) is 18.0 Å². The van der Waals surface area contributed by atoms with Crippen LogP contribution in [0.15, 0.2) is 0 Å². The van der Waals surface area contributed by atoms with Gasteiger partial charge in [0.15, 0.2) is 0 Å². The minimum atomic E-state index is 0.753. The van der Waals surface area contributed by atoms with Crippen LogP contribution in [0.5, 0.6) is 0 Å². The molecule has 1 N–H and O–H groups in total. The summed E-state index contributed by atoms with van der Waals surface area (Å²) in [7, 11) is 4.40. The lowest BCUT2D eigenvalue weighted by Crippen LogP contribution is -2.43. The van der Waals surface area contributed by atoms with E-state index in [9.17, 15) is 0 Å². The third-order valence-corrected chi connectivity index (χ3v) is 3.97. The van der Waals surface area contributed by atoms with Crippen LogP contribution < -0.4 is 5.32 Å². The molecule has 15 heavy (non-hydrogen) atoms. The maximum absolute atomic E-state index is 3.43. The Morgan fingerprint density at radius 2 is 2.13 bits per heavy atom. The first-order valence-corrected chi connectivity index (χ1v) is 6.54. The van der Waals surface area contributed by atoms with Crippen molar-refractivity contribution in [2.24, 2.45) is 5.92 Å². The summed E-state index contributed by atoms with van der Waals surface area (Å²) in [6.07, 6.45) is 6.78. The van der Waals surface area contributed by atoms with Gasteiger partial charge in [0.2, 0.25) is 0 Å². The van der Waals surface area contributed by atoms with E-state index in [4.69, 9.17) is 0 Å². The van der Waals surface area contributed by atoms with Crippen molar-refractivity contribution >= 4 is 0 Å². The van der Waals surface area contributed by atoms with E-state index in [2.05, 4.69) is 38.2 Å². The first-order chi connectivity index (χ1) is 7.17. The van der Waals surface area contributed by atoms with Crippen LogP contribution in [0.1, 0.15) is 46.0 Å². The first kappa shape index (κ1) is 13.0. The van der Waals surface area contributed by atoms with Gasteiger partial charge in [0.05, 0.1) is 0 Å². The first-order valence-electron chi connectivity index (χ1n) is 6.54. The predicted molar refractivity (Wildman–Crippen MR) is 67.2 cm³/mol. The van der Waals surface area contributed by atoms with Gasteiger partial charge in [0, 0.05) is 18.6 Å². The Hall–Kier alpha value is -0.0800. The fourth-order valence-electron chi connectivity index (χ4n) is 2.60. The van der Waals surface area contributed by atoms with Gasteiger partial charge in [0.1, 0.15) is 0 Å². The van der Waals surface area contributed by atoms with E-state index in [1.165, 1.54) is 38.6 Å². The average molecular weight is 212 g/mol. The van der Waals surface area contributed by atoms with Gasteiger partial charge >= 0.3 is 0 Å². The maximum Gasteiger partial charge on any atom is 0.0107 e. The molecule has 1 fully saturated rings. The molecule has 0 radical (unpaired) electrons. The summed E-state index contributed by atoms with van der Waals surface area (Å²) < 4.78 is 0. The van der Waals surface area contributed by atoms with E-state index in [1.54, 1.807) is 0 Å². The Morgan fingerprint density at radius 3 is 2.73 bits per heavy atom. The molecule has 3 atom stereocenters. The van der Waals surface area contributed by atoms with E-state index in [0.29, 0.717) is 0 Å². The number of hydrogen-bond acceptors (Lipinski definition) is 2. The van der Waals surface area contributed by atoms with E-state index in [-0.39, 0.29) is 0 Å². The van der Waals surface area contributed by atoms with Gasteiger partial charge in [-0.25, -0.2) is 0 Å². The second-order valence-corrected chi connectivity index (χ2v) is 5.26. The van der Waals surface area contributed by atoms with Crippen molar-refractivity contribution in [1.29, 1.82) is 0 Å². The number of nitrogens with one attached hydrogen (secondary N) is 1. The minimum absolute atomic E-state index is 0.753. The lowest BCUT2D eigenvalue weighted by Gasteiger charge is -2.36. The Bertz CT molecular complexity index is 170. The largest absolute Gasteiger partial charge is 0.317 e. The van der Waals surface area contributed by atoms with Gasteiger partial charge in [-0.3, -0.25) is 0 Å². The molecule has 1 aliphatic carbocycles. The van der Waals surface area contributed by atoms with E-state index < -0.39 is 0 Å². The highest BCUT2D eigenvalue weighted by Crippen LogP contribution is 2.23. The highest BCUT2D eigenvalue weighted by molar-refractivity contribution is 4.82. The molecule has 0 aromatic heterocycles. The summed E-state index contributed by atoms with van der Waals surface area (Å²) in [4.78, 5) is 2.58. The molecular weight excluding hydrogens is 184 g/mol. The van der Waals surface area contributed by atoms with Crippen molar-refractivity contribution in [3.63, 3.8) is 0 Å². The van der Waals surface area contributed by atoms with Crippen LogP contribution in [0.3, 0.4) is 0 Å². The monoisotopic (exact) mass is 212 g/mol. The lowest BCUT2D eigenvalue weighted by molar-refractivity contribution is 0.153. The standard InChI is InChI=1S/C13H28N2/c1-5-11(2)10-15(4)13-8-6-7-12(9-13)14-3/h11-14H,5-10H2,1-4H3. The van der Waals surface area contributed by atoms with Crippen molar-refractivity contribution in [1.82, 2.24) is 10.2 Å². The van der Waals surface area contributed by atoms with Gasteiger partial charge in [-0.2, -0.15) is 0 Å². The van der Waals surface area contributed by atoms with Gasteiger partial charge < -0.3 is 10.2 Å². The summed E-state index contributed by atoms with van der Waals surface area (Å²) >= 11 is 0. The Balaban J connectivity index is 2.34. The van der Waals surface area contributed by atoms with Gasteiger partial charge in [-0.15, -0.1) is 0 Å². The molecule has 2 heteroatoms. The fraction of sp³-hybridized carbons (Fsp3) is 1.00. The molecule has 1 rings (SSSR count). The van der Waals surface area contributed by atoms with Crippen molar-refractivity contribution in [3.05, 3.63) is 0 Å². The van der Waals surface area contributed by atoms with Gasteiger partial charge in [0.25, 0.3) is 0 Å². The van der Waals surface area contributed by atoms with Crippen LogP contribution in [0.2, 0.25) is 0 Å². The number of hydrogen-bond donors (Lipinski definition) is 1. The molecular formula is C13H28N2. The zero-order chi connectivity index (χ0) is 11.3. The molecule has 0 aliphatic heterocycles. The summed E-state index contributed by atoms with van der Waals surface area (Å²) in [5.41, 5.74) is 0. The van der Waals surface area contributed by atoms with Crippen LogP contribution in [0.25, 0.3) is 0 Å². The zero-order valence-electron chi connectivity index (χ0n) is 10.9. The number of nitrogens with zero attached hydrogens (tertiary/aromatic N) is 1. The summed E-state index contributed by atoms with van der Waals surface area (Å²) in [6.45, 7) is 5.91. The SMILES string of the molecule is CCC(C)CN(C)C1CCCC(NC)C1. The molecule has 0 aromatic rings. The van der Waals surface area contributed by atoms with Crippen LogP contribution in [0, 0.1) is 5.92 Å². The van der Waals surface area contributed by atoms with Crippen LogP contribution in [0.4, 0.5) is 0 Å². The second kappa shape index (κ2) is 6.49. The molecule has 0 aromatic carbocycles. The molecule has 1 saturated carbocycles.